The summed E-state index contributed by atoms with van der Waals surface area (Å²) in [6.07, 6.45) is 1.49. The van der Waals surface area contributed by atoms with Crippen LogP contribution in [0, 0.1) is 0 Å². The fraction of sp³-hybridized carbons (Fsp3) is 0.538. The largest absolute Gasteiger partial charge is 0.313 e. The van der Waals surface area contributed by atoms with Crippen LogP contribution in [0.1, 0.15) is 5.56 Å². The molecule has 3 N–H and O–H groups in total. The molecule has 4 nitrogen and oxygen atoms in total. The number of hydrogen-bond donors (Lipinski definition) is 3. The summed E-state index contributed by atoms with van der Waals surface area (Å²) in [5.41, 5.74) is 1.47. The first kappa shape index (κ1) is 10.0. The van der Waals surface area contributed by atoms with Gasteiger partial charge in [-0.05, 0) is 0 Å². The van der Waals surface area contributed by atoms with Crippen LogP contribution in [0.3, 0.4) is 0 Å². The van der Waals surface area contributed by atoms with E-state index in [4.69, 9.17) is 0 Å². The minimum atomic E-state index is 0.498. The van der Waals surface area contributed by atoms with Crippen molar-refractivity contribution in [2.45, 2.75) is 25.0 Å². The van der Waals surface area contributed by atoms with Gasteiger partial charge in [0.15, 0.2) is 0 Å². The van der Waals surface area contributed by atoms with E-state index in [1.54, 1.807) is 0 Å². The highest BCUT2D eigenvalue weighted by molar-refractivity contribution is 5.13. The van der Waals surface area contributed by atoms with Crippen LogP contribution in [-0.4, -0.2) is 42.6 Å². The van der Waals surface area contributed by atoms with E-state index in [2.05, 4.69) is 46.3 Å². The van der Waals surface area contributed by atoms with Gasteiger partial charge in [-0.3, -0.25) is 16.0 Å². The minimum Gasteiger partial charge on any atom is -0.313 e. The van der Waals surface area contributed by atoms with Gasteiger partial charge in [0, 0.05) is 5.56 Å². The summed E-state index contributed by atoms with van der Waals surface area (Å²) in [4.78, 5) is 0. The Balaban J connectivity index is 1.61. The summed E-state index contributed by atoms with van der Waals surface area (Å²) < 4.78 is 1.23. The first-order valence-electron chi connectivity index (χ1n) is 6.49. The molecule has 0 unspecified atom stereocenters. The molecule has 4 heteroatoms. The van der Waals surface area contributed by atoms with Crippen molar-refractivity contribution >= 4 is 0 Å². The molecule has 0 spiro atoms. The first-order chi connectivity index (χ1) is 8.31. The molecule has 4 fully saturated rings. The third-order valence-corrected chi connectivity index (χ3v) is 4.28. The molecule has 0 atom stereocenters. The normalized spacial score (nSPS) is 42.9. The zero-order valence-electron chi connectivity index (χ0n) is 9.89. The Hall–Kier alpha value is -0.940. The molecule has 0 radical (unpaired) electrons. The maximum atomic E-state index is 3.59. The number of quaternary nitrogens is 1. The van der Waals surface area contributed by atoms with Crippen LogP contribution in [0.4, 0.5) is 0 Å². The lowest BCUT2D eigenvalue weighted by Gasteiger charge is -2.58. The summed E-state index contributed by atoms with van der Waals surface area (Å²) in [5, 5.41) is 10.8. The Kier molecular flexibility index (Phi) is 2.08. The summed E-state index contributed by atoms with van der Waals surface area (Å²) in [6, 6.07) is 10.9. The Labute approximate surface area is 102 Å². The molecule has 4 heterocycles. The summed E-state index contributed by atoms with van der Waals surface area (Å²) >= 11 is 0. The topological polar surface area (TPSA) is 36.1 Å². The van der Waals surface area contributed by atoms with E-state index in [1.807, 2.05) is 0 Å². The number of benzene rings is 1. The molecule has 5 rings (SSSR count). The van der Waals surface area contributed by atoms with Gasteiger partial charge in [0.05, 0.1) is 0 Å². The van der Waals surface area contributed by atoms with E-state index in [9.17, 15) is 0 Å². The fourth-order valence-electron chi connectivity index (χ4n) is 3.74. The molecular formula is C13H19N4+. The van der Waals surface area contributed by atoms with Crippen molar-refractivity contribution in [1.29, 1.82) is 0 Å². The van der Waals surface area contributed by atoms with Crippen molar-refractivity contribution in [1.82, 2.24) is 16.0 Å². The van der Waals surface area contributed by atoms with Gasteiger partial charge in [0.2, 0.25) is 0 Å². The lowest BCUT2D eigenvalue weighted by molar-refractivity contribution is -0.960. The second kappa shape index (κ2) is 3.53. The number of rotatable bonds is 2. The van der Waals surface area contributed by atoms with Gasteiger partial charge in [-0.15, -0.1) is 0 Å². The second-order valence-corrected chi connectivity index (χ2v) is 5.69. The Morgan fingerprint density at radius 1 is 0.882 bits per heavy atom. The highest BCUT2D eigenvalue weighted by Crippen LogP contribution is 2.26. The van der Waals surface area contributed by atoms with E-state index in [-0.39, 0.29) is 0 Å². The number of nitrogens with zero attached hydrogens (tertiary/aromatic N) is 1. The predicted octanol–water partition coefficient (Wildman–Crippen LogP) is -0.209. The van der Waals surface area contributed by atoms with Crippen LogP contribution in [-0.2, 0) is 6.54 Å². The second-order valence-electron chi connectivity index (χ2n) is 5.69. The van der Waals surface area contributed by atoms with Crippen molar-refractivity contribution in [3.05, 3.63) is 35.9 Å². The van der Waals surface area contributed by atoms with Gasteiger partial charge in [-0.2, -0.15) is 0 Å². The standard InChI is InChI=1S/C13H19N4/c1-2-4-10(5-3-1)6-17-7-11-14-12(8-17)16-13(9-17)15-11/h1-5,11-16H,6-9H2/q+1. The third-order valence-electron chi connectivity index (χ3n) is 4.28. The van der Waals surface area contributed by atoms with Gasteiger partial charge in [-0.25, -0.2) is 0 Å². The van der Waals surface area contributed by atoms with Crippen LogP contribution in [0.25, 0.3) is 0 Å². The van der Waals surface area contributed by atoms with Crippen LogP contribution in [0.15, 0.2) is 30.3 Å². The third kappa shape index (κ3) is 1.68. The Bertz CT molecular complexity index is 381. The minimum absolute atomic E-state index is 0.498. The Morgan fingerprint density at radius 3 is 1.94 bits per heavy atom. The van der Waals surface area contributed by atoms with E-state index >= 15 is 0 Å². The predicted molar refractivity (Wildman–Crippen MR) is 65.8 cm³/mol. The van der Waals surface area contributed by atoms with Crippen LogP contribution < -0.4 is 16.0 Å². The van der Waals surface area contributed by atoms with Gasteiger partial charge in [0.25, 0.3) is 0 Å². The summed E-state index contributed by atoms with van der Waals surface area (Å²) in [7, 11) is 0. The van der Waals surface area contributed by atoms with Gasteiger partial charge >= 0.3 is 0 Å². The molecule has 17 heavy (non-hydrogen) atoms. The molecule has 0 amide bonds. The molecule has 4 aliphatic rings. The number of piperazine rings is 3. The zero-order valence-corrected chi connectivity index (χ0v) is 9.89. The van der Waals surface area contributed by atoms with E-state index in [1.165, 1.54) is 36.2 Å². The van der Waals surface area contributed by atoms with Crippen molar-refractivity contribution < 1.29 is 4.48 Å². The van der Waals surface area contributed by atoms with Crippen LogP contribution in [0.5, 0.6) is 0 Å². The molecule has 0 aromatic heterocycles. The zero-order chi connectivity index (χ0) is 11.3. The van der Waals surface area contributed by atoms with Crippen LogP contribution >= 0.6 is 0 Å². The molecule has 1 aromatic carbocycles. The monoisotopic (exact) mass is 231 g/mol. The first-order valence-corrected chi connectivity index (χ1v) is 6.49. The quantitative estimate of drug-likeness (QED) is 0.617. The van der Waals surface area contributed by atoms with Crippen molar-refractivity contribution in [3.63, 3.8) is 0 Å². The summed E-state index contributed by atoms with van der Waals surface area (Å²) in [6.45, 7) is 4.81. The van der Waals surface area contributed by atoms with Crippen molar-refractivity contribution in [3.8, 4) is 0 Å². The maximum Gasteiger partial charge on any atom is 0.111 e. The Morgan fingerprint density at radius 2 is 1.41 bits per heavy atom. The number of nitrogens with one attached hydrogen (secondary N) is 3. The molecule has 4 aliphatic heterocycles. The molecule has 4 bridgehead atoms. The molecule has 4 saturated heterocycles. The van der Waals surface area contributed by atoms with E-state index in [0.717, 1.165) is 0 Å². The average molecular weight is 231 g/mol. The summed E-state index contributed by atoms with van der Waals surface area (Å²) in [5.74, 6) is 0. The maximum absolute atomic E-state index is 3.59. The fourth-order valence-corrected chi connectivity index (χ4v) is 3.74. The molecule has 90 valence electrons. The highest BCUT2D eigenvalue weighted by Gasteiger charge is 2.50. The molecule has 0 aliphatic carbocycles. The van der Waals surface area contributed by atoms with E-state index < -0.39 is 0 Å². The average Bonchev–Trinajstić information content (AvgIpc) is 2.27. The van der Waals surface area contributed by atoms with Gasteiger partial charge in [-0.1, -0.05) is 30.3 Å². The van der Waals surface area contributed by atoms with Crippen LogP contribution in [0.2, 0.25) is 0 Å². The highest BCUT2D eigenvalue weighted by atomic mass is 15.5. The van der Waals surface area contributed by atoms with Crippen molar-refractivity contribution in [2.24, 2.45) is 0 Å². The lowest BCUT2D eigenvalue weighted by Crippen LogP contribution is -2.86. The molecular weight excluding hydrogens is 212 g/mol. The van der Waals surface area contributed by atoms with Crippen molar-refractivity contribution in [2.75, 3.05) is 19.6 Å². The van der Waals surface area contributed by atoms with Gasteiger partial charge in [0.1, 0.15) is 44.7 Å². The SMILES string of the molecule is c1ccc(C[N+]23CC4NC(C2)NC(C3)N4)cc1. The molecule has 1 aromatic rings. The van der Waals surface area contributed by atoms with Gasteiger partial charge < -0.3 is 4.48 Å². The lowest BCUT2D eigenvalue weighted by atomic mass is 10.0. The van der Waals surface area contributed by atoms with E-state index in [0.29, 0.717) is 18.5 Å². The number of hydrogen-bond acceptors (Lipinski definition) is 3. The smallest absolute Gasteiger partial charge is 0.111 e. The molecule has 0 saturated carbocycles.